The minimum absolute atomic E-state index is 0.228. The molecular formula is C16H12BrF4N7O. The van der Waals surface area contributed by atoms with Crippen molar-refractivity contribution in [3.05, 3.63) is 58.6 Å². The third-order valence-electron chi connectivity index (χ3n) is 3.66. The Morgan fingerprint density at radius 3 is 2.55 bits per heavy atom. The fourth-order valence-electron chi connectivity index (χ4n) is 2.38. The summed E-state index contributed by atoms with van der Waals surface area (Å²) in [6.07, 6.45) is -0.485. The van der Waals surface area contributed by atoms with Crippen LogP contribution >= 0.6 is 15.9 Å². The maximum atomic E-state index is 14.0. The molecule has 1 aromatic carbocycles. The smallest absolute Gasteiger partial charge is 0.328 e. The van der Waals surface area contributed by atoms with Gasteiger partial charge in [0.05, 0.1) is 17.3 Å². The van der Waals surface area contributed by atoms with E-state index in [0.29, 0.717) is 11.9 Å². The number of carbonyl (C=O) groups is 1. The number of benzene rings is 1. The average molecular weight is 474 g/mol. The van der Waals surface area contributed by atoms with Gasteiger partial charge in [-0.1, -0.05) is 15.9 Å². The van der Waals surface area contributed by atoms with Crippen LogP contribution in [0, 0.1) is 5.82 Å². The van der Waals surface area contributed by atoms with E-state index in [-0.39, 0.29) is 5.95 Å². The van der Waals surface area contributed by atoms with Crippen molar-refractivity contribution in [1.82, 2.24) is 30.0 Å². The van der Waals surface area contributed by atoms with Crippen LogP contribution in [-0.4, -0.2) is 30.8 Å². The highest BCUT2D eigenvalue weighted by Crippen LogP contribution is 2.37. The highest BCUT2D eigenvalue weighted by molar-refractivity contribution is 9.10. The van der Waals surface area contributed by atoms with Crippen LogP contribution in [0.2, 0.25) is 0 Å². The Hall–Kier alpha value is -3.09. The molecule has 0 saturated heterocycles. The Bertz CT molecular complexity index is 1030. The molecular weight excluding hydrogens is 462 g/mol. The minimum atomic E-state index is -4.74. The van der Waals surface area contributed by atoms with Crippen LogP contribution in [0.15, 0.2) is 41.4 Å². The molecule has 152 valence electrons. The van der Waals surface area contributed by atoms with E-state index in [1.54, 1.807) is 13.0 Å². The molecule has 0 aliphatic carbocycles. The van der Waals surface area contributed by atoms with E-state index < -0.39 is 39.8 Å². The second-order valence-corrected chi connectivity index (χ2v) is 6.56. The topological polar surface area (TPSA) is 97.6 Å². The van der Waals surface area contributed by atoms with Gasteiger partial charge in [-0.15, -0.1) is 0 Å². The summed E-state index contributed by atoms with van der Waals surface area (Å²) in [6.45, 7) is 1.59. The number of carbonyl (C=O) groups excluding carboxylic acids is 1. The highest BCUT2D eigenvalue weighted by Gasteiger charge is 2.34. The first-order chi connectivity index (χ1) is 13.7. The van der Waals surface area contributed by atoms with Crippen LogP contribution in [-0.2, 0) is 6.18 Å². The Labute approximate surface area is 169 Å². The van der Waals surface area contributed by atoms with Crippen molar-refractivity contribution in [2.45, 2.75) is 19.1 Å². The van der Waals surface area contributed by atoms with Crippen LogP contribution in [0.3, 0.4) is 0 Å². The molecule has 1 atom stereocenters. The largest absolute Gasteiger partial charge is 0.417 e. The van der Waals surface area contributed by atoms with Gasteiger partial charge in [-0.25, -0.2) is 24.1 Å². The monoisotopic (exact) mass is 473 g/mol. The molecule has 0 aliphatic heterocycles. The number of nitrogens with one attached hydrogen (secondary N) is 2. The number of hydrogen-bond donors (Lipinski definition) is 2. The van der Waals surface area contributed by atoms with Crippen molar-refractivity contribution in [3.8, 4) is 5.95 Å². The van der Waals surface area contributed by atoms with Crippen molar-refractivity contribution >= 4 is 27.6 Å². The van der Waals surface area contributed by atoms with Gasteiger partial charge in [0.25, 0.3) is 5.95 Å². The van der Waals surface area contributed by atoms with E-state index in [0.717, 1.165) is 6.07 Å². The van der Waals surface area contributed by atoms with Crippen LogP contribution in [0.5, 0.6) is 0 Å². The predicted molar refractivity (Wildman–Crippen MR) is 96.6 cm³/mol. The predicted octanol–water partition coefficient (Wildman–Crippen LogP) is 3.86. The first kappa shape index (κ1) is 20.6. The molecule has 1 unspecified atom stereocenters. The lowest BCUT2D eigenvalue weighted by Crippen LogP contribution is -2.33. The molecule has 29 heavy (non-hydrogen) atoms. The summed E-state index contributed by atoms with van der Waals surface area (Å²) in [5, 5.41) is 8.66. The summed E-state index contributed by atoms with van der Waals surface area (Å²) in [5.41, 5.74) is -1.62. The molecule has 13 heteroatoms. The number of amides is 2. The molecule has 2 aromatic heterocycles. The maximum absolute atomic E-state index is 14.0. The van der Waals surface area contributed by atoms with Gasteiger partial charge in [0.2, 0.25) is 0 Å². The lowest BCUT2D eigenvalue weighted by Gasteiger charge is -2.16. The van der Waals surface area contributed by atoms with Crippen LogP contribution in [0.1, 0.15) is 24.4 Å². The molecule has 2 amide bonds. The molecule has 0 saturated carbocycles. The summed E-state index contributed by atoms with van der Waals surface area (Å²) >= 11 is 2.73. The summed E-state index contributed by atoms with van der Waals surface area (Å²) in [6, 6.07) is 1.19. The molecule has 0 bridgehead atoms. The van der Waals surface area contributed by atoms with E-state index in [1.165, 1.54) is 23.4 Å². The maximum Gasteiger partial charge on any atom is 0.417 e. The fraction of sp³-hybridized carbons (Fsp3) is 0.188. The molecule has 0 fully saturated rings. The summed E-state index contributed by atoms with van der Waals surface area (Å²) in [5.74, 6) is -0.712. The van der Waals surface area contributed by atoms with Crippen LogP contribution in [0.25, 0.3) is 5.95 Å². The molecule has 0 aliphatic rings. The number of hydrogen-bond acceptors (Lipinski definition) is 5. The second-order valence-electron chi connectivity index (χ2n) is 5.71. The van der Waals surface area contributed by atoms with Crippen LogP contribution in [0.4, 0.5) is 28.0 Å². The Kier molecular flexibility index (Phi) is 5.77. The van der Waals surface area contributed by atoms with Crippen molar-refractivity contribution < 1.29 is 22.4 Å². The summed E-state index contributed by atoms with van der Waals surface area (Å²) < 4.78 is 53.3. The average Bonchev–Trinajstić information content (AvgIpc) is 3.14. The van der Waals surface area contributed by atoms with Gasteiger partial charge in [-0.3, -0.25) is 0 Å². The summed E-state index contributed by atoms with van der Waals surface area (Å²) in [7, 11) is 0. The quantitative estimate of drug-likeness (QED) is 0.560. The number of alkyl halides is 3. The minimum Gasteiger partial charge on any atom is -0.328 e. The molecule has 2 heterocycles. The Balaban J connectivity index is 1.74. The normalized spacial score (nSPS) is 12.5. The number of rotatable bonds is 4. The van der Waals surface area contributed by atoms with Crippen molar-refractivity contribution in [1.29, 1.82) is 0 Å². The third kappa shape index (κ3) is 4.67. The van der Waals surface area contributed by atoms with E-state index in [2.05, 4.69) is 46.6 Å². The van der Waals surface area contributed by atoms with E-state index in [1.807, 2.05) is 0 Å². The van der Waals surface area contributed by atoms with Gasteiger partial charge in [0, 0.05) is 16.9 Å². The first-order valence-electron chi connectivity index (χ1n) is 7.98. The molecule has 0 spiro atoms. The number of anilines is 1. The Morgan fingerprint density at radius 1 is 1.21 bits per heavy atom. The molecule has 3 aromatic rings. The standard InChI is InChI=1S/C16H12BrF4N7O/c1-8(13-24-7-25-28(13)14-22-3-2-4-23-14)26-15(29)27-12-6-10(17)9(5-11(12)18)16(19,20)21/h2-8H,1H3,(H2,26,27,29). The zero-order chi connectivity index (χ0) is 21.2. The Morgan fingerprint density at radius 2 is 1.90 bits per heavy atom. The zero-order valence-corrected chi connectivity index (χ0v) is 16.2. The number of aromatic nitrogens is 5. The van der Waals surface area contributed by atoms with Crippen molar-refractivity contribution in [2.75, 3.05) is 5.32 Å². The molecule has 3 rings (SSSR count). The second kappa shape index (κ2) is 8.11. The van der Waals surface area contributed by atoms with Gasteiger partial charge in [-0.05, 0) is 25.1 Å². The SMILES string of the molecule is CC(NC(=O)Nc1cc(Br)c(C(F)(F)F)cc1F)c1ncnn1-c1ncccn1. The third-order valence-corrected chi connectivity index (χ3v) is 4.32. The van der Waals surface area contributed by atoms with E-state index in [9.17, 15) is 22.4 Å². The van der Waals surface area contributed by atoms with Crippen LogP contribution < -0.4 is 10.6 Å². The van der Waals surface area contributed by atoms with Gasteiger partial charge < -0.3 is 10.6 Å². The van der Waals surface area contributed by atoms with Gasteiger partial charge in [0.15, 0.2) is 5.82 Å². The molecule has 8 nitrogen and oxygen atoms in total. The number of halogens is 5. The van der Waals surface area contributed by atoms with Gasteiger partial charge in [-0.2, -0.15) is 23.0 Å². The lowest BCUT2D eigenvalue weighted by molar-refractivity contribution is -0.138. The lowest BCUT2D eigenvalue weighted by atomic mass is 10.2. The first-order valence-corrected chi connectivity index (χ1v) is 8.77. The number of nitrogens with zero attached hydrogens (tertiary/aromatic N) is 5. The number of urea groups is 1. The highest BCUT2D eigenvalue weighted by atomic mass is 79.9. The van der Waals surface area contributed by atoms with Crippen molar-refractivity contribution in [3.63, 3.8) is 0 Å². The van der Waals surface area contributed by atoms with E-state index in [4.69, 9.17) is 0 Å². The summed E-state index contributed by atoms with van der Waals surface area (Å²) in [4.78, 5) is 24.3. The van der Waals surface area contributed by atoms with Gasteiger partial charge >= 0.3 is 12.2 Å². The van der Waals surface area contributed by atoms with Gasteiger partial charge in [0.1, 0.15) is 12.1 Å². The molecule has 0 radical (unpaired) electrons. The zero-order valence-electron chi connectivity index (χ0n) is 14.6. The van der Waals surface area contributed by atoms with E-state index >= 15 is 0 Å². The van der Waals surface area contributed by atoms with Crippen molar-refractivity contribution in [2.24, 2.45) is 0 Å². The fourth-order valence-corrected chi connectivity index (χ4v) is 2.95. The molecule has 2 N–H and O–H groups in total.